The van der Waals surface area contributed by atoms with Gasteiger partial charge in [0.05, 0.1) is 18.3 Å². The van der Waals surface area contributed by atoms with E-state index in [1.807, 2.05) is 76.4 Å². The number of aromatic nitrogens is 2. The first kappa shape index (κ1) is 19.2. The molecule has 1 aromatic heterocycles. The smallest absolute Gasteiger partial charge is 0.227 e. The highest BCUT2D eigenvalue weighted by Crippen LogP contribution is 2.11. The molecule has 1 fully saturated rings. The summed E-state index contributed by atoms with van der Waals surface area (Å²) in [6, 6.07) is 19.8. The van der Waals surface area contributed by atoms with Gasteiger partial charge < -0.3 is 9.64 Å². The minimum atomic E-state index is 0.165. The van der Waals surface area contributed by atoms with Gasteiger partial charge in [0.2, 0.25) is 5.91 Å². The molecule has 1 amide bonds. The Balaban J connectivity index is 1.21. The van der Waals surface area contributed by atoms with E-state index in [-0.39, 0.29) is 5.91 Å². The van der Waals surface area contributed by atoms with Crippen molar-refractivity contribution in [3.63, 3.8) is 0 Å². The molecular formula is C23H26N4O2. The Labute approximate surface area is 171 Å². The molecule has 150 valence electrons. The van der Waals surface area contributed by atoms with Gasteiger partial charge in [0, 0.05) is 38.9 Å². The number of nitrogens with zero attached hydrogens (tertiary/aromatic N) is 4. The molecule has 2 heterocycles. The molecule has 1 saturated heterocycles. The summed E-state index contributed by atoms with van der Waals surface area (Å²) in [6.07, 6.45) is 4.11. The summed E-state index contributed by atoms with van der Waals surface area (Å²) in [4.78, 5) is 17.0. The Morgan fingerprint density at radius 3 is 2.34 bits per heavy atom. The van der Waals surface area contributed by atoms with Crippen LogP contribution < -0.4 is 4.74 Å². The molecule has 1 aliphatic heterocycles. The van der Waals surface area contributed by atoms with Crippen molar-refractivity contribution in [3.8, 4) is 11.4 Å². The fraction of sp³-hybridized carbons (Fsp3) is 0.304. The standard InChI is InChI=1S/C23H26N4O2/c28-23(17-20-18-24-27(19-20)21-7-3-1-4-8-21)26-13-11-25(12-14-26)15-16-29-22-9-5-2-6-10-22/h1-10,18-19H,11-17H2. The Bertz CT molecular complexity index is 903. The lowest BCUT2D eigenvalue weighted by atomic mass is 10.2. The van der Waals surface area contributed by atoms with Gasteiger partial charge in [-0.15, -0.1) is 0 Å². The fourth-order valence-electron chi connectivity index (χ4n) is 3.49. The Hall–Kier alpha value is -3.12. The van der Waals surface area contributed by atoms with Gasteiger partial charge in [-0.2, -0.15) is 5.10 Å². The molecule has 0 atom stereocenters. The number of carbonyl (C=O) groups excluding carboxylic acids is 1. The molecule has 0 unspecified atom stereocenters. The van der Waals surface area contributed by atoms with Crippen LogP contribution in [0.2, 0.25) is 0 Å². The SMILES string of the molecule is O=C(Cc1cnn(-c2ccccc2)c1)N1CCN(CCOc2ccccc2)CC1. The summed E-state index contributed by atoms with van der Waals surface area (Å²) in [5.74, 6) is 1.06. The molecule has 0 bridgehead atoms. The third kappa shape index (κ3) is 5.23. The zero-order valence-electron chi connectivity index (χ0n) is 16.5. The molecule has 0 N–H and O–H groups in total. The largest absolute Gasteiger partial charge is 0.492 e. The molecule has 1 aliphatic rings. The maximum atomic E-state index is 12.7. The lowest BCUT2D eigenvalue weighted by molar-refractivity contribution is -0.132. The van der Waals surface area contributed by atoms with Gasteiger partial charge in [0.25, 0.3) is 0 Å². The van der Waals surface area contributed by atoms with E-state index in [1.165, 1.54) is 0 Å². The maximum absolute atomic E-state index is 12.7. The second-order valence-electron chi connectivity index (χ2n) is 7.19. The molecule has 0 spiro atoms. The molecule has 0 aliphatic carbocycles. The van der Waals surface area contributed by atoms with Gasteiger partial charge in [0.15, 0.2) is 0 Å². The average Bonchev–Trinajstić information content (AvgIpc) is 3.24. The first-order valence-corrected chi connectivity index (χ1v) is 10.0. The number of rotatable bonds is 7. The van der Waals surface area contributed by atoms with Gasteiger partial charge >= 0.3 is 0 Å². The summed E-state index contributed by atoms with van der Waals surface area (Å²) in [6.45, 7) is 4.83. The third-order valence-electron chi connectivity index (χ3n) is 5.16. The van der Waals surface area contributed by atoms with Crippen molar-refractivity contribution in [1.82, 2.24) is 19.6 Å². The minimum absolute atomic E-state index is 0.165. The summed E-state index contributed by atoms with van der Waals surface area (Å²) in [7, 11) is 0. The van der Waals surface area contributed by atoms with Crippen LogP contribution in [0.4, 0.5) is 0 Å². The minimum Gasteiger partial charge on any atom is -0.492 e. The zero-order valence-corrected chi connectivity index (χ0v) is 16.5. The number of para-hydroxylation sites is 2. The summed E-state index contributed by atoms with van der Waals surface area (Å²) in [5, 5.41) is 4.38. The third-order valence-corrected chi connectivity index (χ3v) is 5.16. The predicted octanol–water partition coefficient (Wildman–Crippen LogP) is 2.64. The van der Waals surface area contributed by atoms with Crippen molar-refractivity contribution in [2.75, 3.05) is 39.3 Å². The zero-order chi connectivity index (χ0) is 19.9. The van der Waals surface area contributed by atoms with Gasteiger partial charge in [-0.1, -0.05) is 36.4 Å². The molecular weight excluding hydrogens is 364 g/mol. The van der Waals surface area contributed by atoms with E-state index in [0.29, 0.717) is 13.0 Å². The van der Waals surface area contributed by atoms with Crippen LogP contribution in [-0.2, 0) is 11.2 Å². The van der Waals surface area contributed by atoms with Crippen molar-refractivity contribution in [3.05, 3.63) is 78.6 Å². The number of amides is 1. The number of hydrogen-bond acceptors (Lipinski definition) is 4. The van der Waals surface area contributed by atoms with Gasteiger partial charge in [-0.3, -0.25) is 9.69 Å². The molecule has 6 heteroatoms. The van der Waals surface area contributed by atoms with Crippen molar-refractivity contribution in [2.24, 2.45) is 0 Å². The number of hydrogen-bond donors (Lipinski definition) is 0. The average molecular weight is 390 g/mol. The highest BCUT2D eigenvalue weighted by Gasteiger charge is 2.21. The second-order valence-corrected chi connectivity index (χ2v) is 7.19. The first-order valence-electron chi connectivity index (χ1n) is 10.0. The monoisotopic (exact) mass is 390 g/mol. The molecule has 29 heavy (non-hydrogen) atoms. The van der Waals surface area contributed by atoms with Crippen LogP contribution in [0, 0.1) is 0 Å². The van der Waals surface area contributed by atoms with Crippen LogP contribution in [0.15, 0.2) is 73.1 Å². The topological polar surface area (TPSA) is 50.6 Å². The van der Waals surface area contributed by atoms with Gasteiger partial charge in [-0.25, -0.2) is 4.68 Å². The number of ether oxygens (including phenoxy) is 1. The van der Waals surface area contributed by atoms with Crippen molar-refractivity contribution >= 4 is 5.91 Å². The highest BCUT2D eigenvalue weighted by molar-refractivity contribution is 5.78. The Kier molecular flexibility index (Phi) is 6.22. The van der Waals surface area contributed by atoms with Crippen LogP contribution in [-0.4, -0.2) is 64.8 Å². The van der Waals surface area contributed by atoms with E-state index < -0.39 is 0 Å². The number of benzene rings is 2. The first-order chi connectivity index (χ1) is 14.3. The molecule has 0 saturated carbocycles. The van der Waals surface area contributed by atoms with E-state index in [2.05, 4.69) is 10.00 Å². The van der Waals surface area contributed by atoms with E-state index >= 15 is 0 Å². The summed E-state index contributed by atoms with van der Waals surface area (Å²) in [5.41, 5.74) is 1.94. The summed E-state index contributed by atoms with van der Waals surface area (Å²) >= 11 is 0. The fourth-order valence-corrected chi connectivity index (χ4v) is 3.49. The van der Waals surface area contributed by atoms with Crippen molar-refractivity contribution in [1.29, 1.82) is 0 Å². The molecule has 0 radical (unpaired) electrons. The van der Waals surface area contributed by atoms with Gasteiger partial charge in [0.1, 0.15) is 12.4 Å². The van der Waals surface area contributed by atoms with E-state index in [9.17, 15) is 4.79 Å². The van der Waals surface area contributed by atoms with E-state index in [1.54, 1.807) is 6.20 Å². The quantitative estimate of drug-likeness (QED) is 0.622. The Morgan fingerprint density at radius 1 is 0.931 bits per heavy atom. The highest BCUT2D eigenvalue weighted by atomic mass is 16.5. The molecule has 4 rings (SSSR count). The molecule has 6 nitrogen and oxygen atoms in total. The van der Waals surface area contributed by atoms with Crippen LogP contribution >= 0.6 is 0 Å². The van der Waals surface area contributed by atoms with Crippen LogP contribution in [0.3, 0.4) is 0 Å². The van der Waals surface area contributed by atoms with Gasteiger partial charge in [-0.05, 0) is 29.8 Å². The van der Waals surface area contributed by atoms with Crippen LogP contribution in [0.25, 0.3) is 5.69 Å². The second kappa shape index (κ2) is 9.39. The lowest BCUT2D eigenvalue weighted by Gasteiger charge is -2.34. The Morgan fingerprint density at radius 2 is 1.62 bits per heavy atom. The van der Waals surface area contributed by atoms with Crippen LogP contribution in [0.1, 0.15) is 5.56 Å². The number of piperazine rings is 1. The lowest BCUT2D eigenvalue weighted by Crippen LogP contribution is -2.49. The predicted molar refractivity (Wildman–Crippen MR) is 112 cm³/mol. The maximum Gasteiger partial charge on any atom is 0.227 e. The van der Waals surface area contributed by atoms with Crippen LogP contribution in [0.5, 0.6) is 5.75 Å². The van der Waals surface area contributed by atoms with E-state index in [0.717, 1.165) is 49.7 Å². The molecule has 2 aromatic carbocycles. The number of carbonyl (C=O) groups is 1. The van der Waals surface area contributed by atoms with Crippen molar-refractivity contribution in [2.45, 2.75) is 6.42 Å². The molecule has 3 aromatic rings. The van der Waals surface area contributed by atoms with E-state index in [4.69, 9.17) is 4.74 Å². The normalized spacial score (nSPS) is 14.7. The van der Waals surface area contributed by atoms with Crippen molar-refractivity contribution < 1.29 is 9.53 Å². The summed E-state index contributed by atoms with van der Waals surface area (Å²) < 4.78 is 7.58.